The van der Waals surface area contributed by atoms with E-state index in [0.717, 1.165) is 10.6 Å². The molecule has 45 heavy (non-hydrogen) atoms. The maximum absolute atomic E-state index is 13.3. The van der Waals surface area contributed by atoms with E-state index < -0.39 is 27.0 Å². The van der Waals surface area contributed by atoms with Gasteiger partial charge < -0.3 is 25.4 Å². The molecule has 5 rings (SSSR count). The number of fused-ring (bicyclic) bond motifs is 1. The van der Waals surface area contributed by atoms with Gasteiger partial charge in [0.25, 0.3) is 11.8 Å². The molecule has 2 aliphatic rings. The molecule has 0 bridgehead atoms. The molecule has 2 aliphatic heterocycles. The van der Waals surface area contributed by atoms with Crippen LogP contribution in [-0.4, -0.2) is 61.6 Å². The van der Waals surface area contributed by atoms with Crippen LogP contribution in [-0.2, 0) is 14.4 Å². The van der Waals surface area contributed by atoms with Crippen LogP contribution in [0.15, 0.2) is 48.5 Å². The van der Waals surface area contributed by atoms with E-state index in [1.54, 1.807) is 38.1 Å². The summed E-state index contributed by atoms with van der Waals surface area (Å²) < 4.78 is 37.9. The topological polar surface area (TPSA) is 133 Å². The van der Waals surface area contributed by atoms with Crippen LogP contribution in [0.25, 0.3) is 11.6 Å². The second-order valence-corrected chi connectivity index (χ2v) is 13.7. The van der Waals surface area contributed by atoms with Crippen LogP contribution < -0.4 is 15.6 Å². The van der Waals surface area contributed by atoms with E-state index in [9.17, 15) is 32.3 Å². The maximum atomic E-state index is 13.3. The number of hydrogen-bond acceptors (Lipinski definition) is 6. The minimum atomic E-state index is -5.10. The van der Waals surface area contributed by atoms with Gasteiger partial charge in [0, 0.05) is 40.9 Å². The number of alkyl halides is 3. The Kier molecular flexibility index (Phi) is 8.98. The Hall–Kier alpha value is -4.69. The van der Waals surface area contributed by atoms with Crippen molar-refractivity contribution in [3.63, 3.8) is 0 Å². The molecule has 0 spiro atoms. The van der Waals surface area contributed by atoms with Gasteiger partial charge in [-0.1, -0.05) is 30.3 Å². The van der Waals surface area contributed by atoms with Gasteiger partial charge in [-0.05, 0) is 68.6 Å². The Balaban J connectivity index is 1.32. The largest absolute Gasteiger partial charge is 0.492 e. The fourth-order valence-corrected chi connectivity index (χ4v) is 7.91. The molecule has 1 saturated heterocycles. The van der Waals surface area contributed by atoms with Crippen molar-refractivity contribution < 1.29 is 37.2 Å². The Morgan fingerprint density at radius 3 is 2.53 bits per heavy atom. The van der Waals surface area contributed by atoms with E-state index >= 15 is 0 Å². The van der Waals surface area contributed by atoms with Crippen LogP contribution >= 0.6 is 0 Å². The lowest BCUT2D eigenvalue weighted by Crippen LogP contribution is -2.52. The molecule has 236 valence electrons. The number of nitrogens with one attached hydrogen (secondary N) is 4. The molecule has 3 amide bonds. The molecule has 0 unspecified atom stereocenters. The lowest BCUT2D eigenvalue weighted by atomic mass is 10.0. The van der Waals surface area contributed by atoms with E-state index in [0.29, 0.717) is 57.4 Å². The minimum Gasteiger partial charge on any atom is -0.379 e. The van der Waals surface area contributed by atoms with E-state index in [1.165, 1.54) is 0 Å². The first-order chi connectivity index (χ1) is 21.3. The summed E-state index contributed by atoms with van der Waals surface area (Å²) in [5, 5.41) is 6.75. The molecular formula is C31H32F3N5O5Si. The molecule has 2 atom stereocenters. The second-order valence-electron chi connectivity index (χ2n) is 11.1. The number of amides is 3. The number of carbonyl (C=O) groups excluding carboxylic acids is 4. The molecule has 4 N–H and O–H groups in total. The first-order valence-electron chi connectivity index (χ1n) is 14.4. The highest BCUT2D eigenvalue weighted by Gasteiger charge is 2.43. The van der Waals surface area contributed by atoms with Crippen molar-refractivity contribution in [3.8, 4) is 0 Å². The van der Waals surface area contributed by atoms with Crippen molar-refractivity contribution in [1.82, 2.24) is 20.3 Å². The van der Waals surface area contributed by atoms with Crippen LogP contribution in [0.3, 0.4) is 0 Å². The first-order valence-corrected chi connectivity index (χ1v) is 16.6. The van der Waals surface area contributed by atoms with Gasteiger partial charge in [-0.2, -0.15) is 13.2 Å². The zero-order chi connectivity index (χ0) is 32.5. The normalized spacial score (nSPS) is 18.2. The molecular weight excluding hydrogens is 607 g/mol. The lowest BCUT2D eigenvalue weighted by Gasteiger charge is -2.30. The predicted molar refractivity (Wildman–Crippen MR) is 163 cm³/mol. The summed E-state index contributed by atoms with van der Waals surface area (Å²) >= 11 is 0. The first kappa shape index (κ1) is 31.7. The average Bonchev–Trinajstić information content (AvgIpc) is 3.46. The number of anilines is 1. The Morgan fingerprint density at radius 2 is 1.82 bits per heavy atom. The van der Waals surface area contributed by atoms with Crippen molar-refractivity contribution in [2.24, 2.45) is 0 Å². The van der Waals surface area contributed by atoms with Crippen molar-refractivity contribution in [2.75, 3.05) is 18.0 Å². The molecule has 3 heterocycles. The minimum absolute atomic E-state index is 0.0456. The molecule has 0 radical (unpaired) electrons. The number of rotatable bonds is 7. The molecule has 0 aliphatic carbocycles. The number of aromatic amines is 1. The van der Waals surface area contributed by atoms with Crippen LogP contribution in [0.5, 0.6) is 0 Å². The summed E-state index contributed by atoms with van der Waals surface area (Å²) in [7, 11) is -2.14. The highest BCUT2D eigenvalue weighted by molar-refractivity contribution is 6.60. The SMILES string of the molecule is Cc1[nH]c(/C=C2\C(=O)Nc3ccc(C(=O)N[C@H](C)c4ccccc4)cc32)c(C)c1C(=O)N[Si@H]1CCCN(OC(=O)C(F)(F)F)C1. The number of aryl methyl sites for hydroxylation is 1. The number of benzene rings is 2. The van der Waals surface area contributed by atoms with Crippen LogP contribution in [0.1, 0.15) is 68.2 Å². The van der Waals surface area contributed by atoms with Gasteiger partial charge in [0.05, 0.1) is 17.2 Å². The summed E-state index contributed by atoms with van der Waals surface area (Å²) in [5.41, 5.74) is 4.75. The summed E-state index contributed by atoms with van der Waals surface area (Å²) in [5.74, 6) is -3.34. The number of carbonyl (C=O) groups is 4. The zero-order valence-electron chi connectivity index (χ0n) is 24.8. The molecule has 14 heteroatoms. The molecule has 1 fully saturated rings. The summed E-state index contributed by atoms with van der Waals surface area (Å²) in [6, 6.07) is 14.9. The second kappa shape index (κ2) is 12.7. The third kappa shape index (κ3) is 7.02. The number of aromatic nitrogens is 1. The number of halogens is 3. The fraction of sp³-hybridized carbons (Fsp3) is 0.290. The lowest BCUT2D eigenvalue weighted by molar-refractivity contribution is -0.236. The van der Waals surface area contributed by atoms with Crippen molar-refractivity contribution in [1.29, 1.82) is 0 Å². The van der Waals surface area contributed by atoms with Gasteiger partial charge in [0.15, 0.2) is 8.96 Å². The number of hydrogen-bond donors (Lipinski definition) is 4. The zero-order valence-corrected chi connectivity index (χ0v) is 26.0. The Labute approximate surface area is 258 Å². The Bertz CT molecular complexity index is 1690. The van der Waals surface area contributed by atoms with Crippen molar-refractivity contribution >= 4 is 50.0 Å². The van der Waals surface area contributed by atoms with Gasteiger partial charge >= 0.3 is 12.1 Å². The number of hydroxylamine groups is 2. The van der Waals surface area contributed by atoms with Crippen molar-refractivity contribution in [3.05, 3.63) is 87.7 Å². The number of nitrogens with zero attached hydrogens (tertiary/aromatic N) is 1. The van der Waals surface area contributed by atoms with Gasteiger partial charge in [0.2, 0.25) is 5.91 Å². The molecule has 0 saturated carbocycles. The van der Waals surface area contributed by atoms with Gasteiger partial charge in [-0.3, -0.25) is 14.4 Å². The van der Waals surface area contributed by atoms with Crippen LogP contribution in [0.2, 0.25) is 6.04 Å². The third-order valence-electron chi connectivity index (χ3n) is 7.87. The smallest absolute Gasteiger partial charge is 0.379 e. The quantitative estimate of drug-likeness (QED) is 0.225. The van der Waals surface area contributed by atoms with Gasteiger partial charge in [-0.25, -0.2) is 4.79 Å². The standard InChI is InChI=1S/C31H32F3N5O5Si/c1-17-25(35-19(3)26(17)29(42)38-45-13-7-12-39(16-45)44-30(43)31(32,33)34)15-23-22-14-21(10-11-24(22)37-28(23)41)27(40)36-18(2)20-8-5-4-6-9-20/h4-6,8-11,14-15,18,35,45H,7,12-13,16H2,1-3H3,(H,36,40)(H,37,41)(H,38,42)/b23-15-/t18-,45+/m1/s1. The summed E-state index contributed by atoms with van der Waals surface area (Å²) in [6.45, 7) is 5.48. The predicted octanol–water partition coefficient (Wildman–Crippen LogP) is 4.33. The van der Waals surface area contributed by atoms with E-state index in [-0.39, 0.29) is 30.6 Å². The molecule has 10 nitrogen and oxygen atoms in total. The van der Waals surface area contributed by atoms with E-state index in [4.69, 9.17) is 0 Å². The van der Waals surface area contributed by atoms with E-state index in [1.807, 2.05) is 37.3 Å². The Morgan fingerprint density at radius 1 is 1.09 bits per heavy atom. The summed E-state index contributed by atoms with van der Waals surface area (Å²) in [4.78, 5) is 61.2. The van der Waals surface area contributed by atoms with Gasteiger partial charge in [-0.15, -0.1) is 5.06 Å². The van der Waals surface area contributed by atoms with Crippen LogP contribution in [0, 0.1) is 13.8 Å². The fourth-order valence-electron chi connectivity index (χ4n) is 5.55. The summed E-state index contributed by atoms with van der Waals surface area (Å²) in [6.07, 6.45) is -2.95. The van der Waals surface area contributed by atoms with Crippen LogP contribution in [0.4, 0.5) is 18.9 Å². The van der Waals surface area contributed by atoms with E-state index in [2.05, 4.69) is 25.4 Å². The highest BCUT2D eigenvalue weighted by atomic mass is 28.3. The molecule has 3 aromatic rings. The average molecular weight is 640 g/mol. The maximum Gasteiger partial charge on any atom is 0.492 e. The van der Waals surface area contributed by atoms with Gasteiger partial charge in [0.1, 0.15) is 0 Å². The van der Waals surface area contributed by atoms with Crippen molar-refractivity contribution in [2.45, 2.75) is 45.5 Å². The molecule has 1 aromatic heterocycles. The molecule has 2 aromatic carbocycles. The monoisotopic (exact) mass is 639 g/mol. The third-order valence-corrected chi connectivity index (χ3v) is 10.5. The highest BCUT2D eigenvalue weighted by Crippen LogP contribution is 2.35. The number of H-pyrrole nitrogens is 1.